The number of barbiturate groups is 1. The van der Waals surface area contributed by atoms with E-state index in [9.17, 15) is 24.5 Å². The molecule has 3 aromatic carbocycles. The summed E-state index contributed by atoms with van der Waals surface area (Å²) < 4.78 is 22.6. The van der Waals surface area contributed by atoms with Crippen LogP contribution in [0.2, 0.25) is 5.02 Å². The molecule has 1 aliphatic heterocycles. The largest absolute Gasteiger partial charge is 0.495 e. The lowest BCUT2D eigenvalue weighted by Gasteiger charge is -2.28. The van der Waals surface area contributed by atoms with Gasteiger partial charge in [-0.25, -0.2) is 9.69 Å². The lowest BCUT2D eigenvalue weighted by atomic mass is 10.1. The van der Waals surface area contributed by atoms with Crippen LogP contribution in [0, 0.1) is 10.1 Å². The number of amides is 4. The van der Waals surface area contributed by atoms with Crippen molar-refractivity contribution in [1.29, 1.82) is 0 Å². The molecule has 3 aromatic rings. The first-order valence-electron chi connectivity index (χ1n) is 12.2. The molecule has 0 radical (unpaired) electrons. The van der Waals surface area contributed by atoms with Gasteiger partial charge >= 0.3 is 6.03 Å². The number of methoxy groups -OCH3 is 2. The van der Waals surface area contributed by atoms with Crippen molar-refractivity contribution in [1.82, 2.24) is 5.32 Å². The molecular weight excluding hydrogens is 638 g/mol. The van der Waals surface area contributed by atoms with Crippen LogP contribution in [0.5, 0.6) is 23.0 Å². The van der Waals surface area contributed by atoms with Gasteiger partial charge in [0.15, 0.2) is 11.5 Å². The number of nitro groups is 1. The second-order valence-corrected chi connectivity index (χ2v) is 9.86. The van der Waals surface area contributed by atoms with Crippen molar-refractivity contribution in [3.05, 3.63) is 84.8 Å². The van der Waals surface area contributed by atoms with Gasteiger partial charge in [0.05, 0.1) is 40.9 Å². The number of nitrogens with zero attached hydrogens (tertiary/aromatic N) is 2. The van der Waals surface area contributed by atoms with Crippen LogP contribution in [0.15, 0.2) is 58.6 Å². The quantitative estimate of drug-likeness (QED) is 0.126. The summed E-state index contributed by atoms with van der Waals surface area (Å²) in [6, 6.07) is 10.9. The Kier molecular flexibility index (Phi) is 9.33. The number of benzene rings is 3. The van der Waals surface area contributed by atoms with E-state index in [2.05, 4.69) is 21.2 Å². The number of ether oxygens (including phenoxy) is 4. The highest BCUT2D eigenvalue weighted by atomic mass is 79.9. The summed E-state index contributed by atoms with van der Waals surface area (Å²) in [6.45, 7) is 2.03. The second kappa shape index (κ2) is 12.9. The molecule has 42 heavy (non-hydrogen) atoms. The molecule has 1 fully saturated rings. The first-order valence-corrected chi connectivity index (χ1v) is 13.4. The van der Waals surface area contributed by atoms with Gasteiger partial charge in [0.25, 0.3) is 17.5 Å². The molecule has 4 rings (SSSR count). The van der Waals surface area contributed by atoms with Crippen molar-refractivity contribution in [3.8, 4) is 23.0 Å². The van der Waals surface area contributed by atoms with E-state index in [1.54, 1.807) is 31.2 Å². The van der Waals surface area contributed by atoms with Crippen molar-refractivity contribution in [2.24, 2.45) is 0 Å². The second-order valence-electron chi connectivity index (χ2n) is 8.60. The Morgan fingerprint density at radius 2 is 1.76 bits per heavy atom. The minimum Gasteiger partial charge on any atom is -0.495 e. The molecule has 12 nitrogen and oxygen atoms in total. The molecule has 0 spiro atoms. The average Bonchev–Trinajstić information content (AvgIpc) is 2.95. The van der Waals surface area contributed by atoms with E-state index in [4.69, 9.17) is 30.5 Å². The smallest absolute Gasteiger partial charge is 0.336 e. The van der Waals surface area contributed by atoms with Gasteiger partial charge in [0, 0.05) is 24.3 Å². The summed E-state index contributed by atoms with van der Waals surface area (Å²) in [7, 11) is 2.71. The highest BCUT2D eigenvalue weighted by molar-refractivity contribution is 9.10. The van der Waals surface area contributed by atoms with Crippen LogP contribution < -0.4 is 29.2 Å². The number of carbonyl (C=O) groups is 3. The number of imide groups is 2. The predicted molar refractivity (Wildman–Crippen MR) is 156 cm³/mol. The summed E-state index contributed by atoms with van der Waals surface area (Å²) >= 11 is 9.61. The van der Waals surface area contributed by atoms with E-state index in [-0.39, 0.29) is 52.4 Å². The minimum atomic E-state index is -0.981. The molecule has 1 saturated heterocycles. The van der Waals surface area contributed by atoms with Crippen LogP contribution in [-0.4, -0.2) is 43.6 Å². The van der Waals surface area contributed by atoms with Gasteiger partial charge in [-0.15, -0.1) is 0 Å². The summed E-state index contributed by atoms with van der Waals surface area (Å²) in [5.41, 5.74) is 0.542. The highest BCUT2D eigenvalue weighted by Gasteiger charge is 2.38. The van der Waals surface area contributed by atoms with E-state index in [0.29, 0.717) is 21.3 Å². The lowest BCUT2D eigenvalue weighted by Crippen LogP contribution is -2.54. The number of nitro benzene ring substituents is 1. The van der Waals surface area contributed by atoms with Crippen molar-refractivity contribution < 1.29 is 38.3 Å². The number of anilines is 1. The zero-order chi connectivity index (χ0) is 30.6. The number of carbonyl (C=O) groups excluding carboxylic acids is 3. The Morgan fingerprint density at radius 1 is 1.02 bits per heavy atom. The molecule has 1 aliphatic rings. The van der Waals surface area contributed by atoms with Gasteiger partial charge < -0.3 is 18.9 Å². The molecule has 0 aromatic heterocycles. The number of urea groups is 1. The molecule has 1 heterocycles. The number of rotatable bonds is 10. The maximum absolute atomic E-state index is 13.5. The molecule has 218 valence electrons. The van der Waals surface area contributed by atoms with E-state index < -0.39 is 22.8 Å². The van der Waals surface area contributed by atoms with Crippen LogP contribution in [0.25, 0.3) is 6.08 Å². The predicted octanol–water partition coefficient (Wildman–Crippen LogP) is 5.67. The third-order valence-electron chi connectivity index (χ3n) is 5.94. The Labute approximate surface area is 253 Å². The summed E-state index contributed by atoms with van der Waals surface area (Å²) in [5, 5.41) is 13.5. The molecule has 4 amide bonds. The summed E-state index contributed by atoms with van der Waals surface area (Å²) in [4.78, 5) is 50.5. The van der Waals surface area contributed by atoms with Crippen molar-refractivity contribution >= 4 is 62.8 Å². The van der Waals surface area contributed by atoms with Crippen molar-refractivity contribution in [2.45, 2.75) is 13.5 Å². The van der Waals surface area contributed by atoms with Crippen molar-refractivity contribution in [2.75, 3.05) is 25.7 Å². The van der Waals surface area contributed by atoms with E-state index in [1.807, 2.05) is 0 Å². The van der Waals surface area contributed by atoms with E-state index >= 15 is 0 Å². The average molecular weight is 661 g/mol. The fourth-order valence-corrected chi connectivity index (χ4v) is 4.86. The van der Waals surface area contributed by atoms with Crippen LogP contribution in [0.3, 0.4) is 0 Å². The van der Waals surface area contributed by atoms with Gasteiger partial charge in [-0.2, -0.15) is 0 Å². The Morgan fingerprint density at radius 3 is 2.43 bits per heavy atom. The van der Waals surface area contributed by atoms with Crippen LogP contribution in [0.4, 0.5) is 16.2 Å². The molecule has 0 aliphatic carbocycles. The van der Waals surface area contributed by atoms with E-state index in [0.717, 1.165) is 4.90 Å². The van der Waals surface area contributed by atoms with Gasteiger partial charge in [0.1, 0.15) is 23.7 Å². The summed E-state index contributed by atoms with van der Waals surface area (Å²) in [6.07, 6.45) is 1.30. The minimum absolute atomic E-state index is 0.00510. The first kappa shape index (κ1) is 30.3. The maximum atomic E-state index is 13.5. The first-order chi connectivity index (χ1) is 20.1. The Hall–Kier alpha value is -4.62. The molecule has 0 saturated carbocycles. The molecule has 0 unspecified atom stereocenters. The zero-order valence-corrected chi connectivity index (χ0v) is 24.8. The number of hydrogen-bond donors (Lipinski definition) is 1. The lowest BCUT2D eigenvalue weighted by molar-refractivity contribution is -0.384. The standard InChI is InChI=1S/C28H23BrClN3O9/c1-4-41-24-11-16(10-19(29)25(24)42-14-15-6-5-7-17(8-15)33(37)38)9-18-26(34)31-28(36)32(27(18)35)21-13-22(39-2)20(30)12-23(21)40-3/h5-13H,4,14H2,1-3H3,(H,31,34,36)/b18-9+. The number of nitrogens with one attached hydrogen (secondary N) is 1. The van der Waals surface area contributed by atoms with Crippen molar-refractivity contribution in [3.63, 3.8) is 0 Å². The molecule has 0 bridgehead atoms. The third kappa shape index (κ3) is 6.31. The Bertz CT molecular complexity index is 1630. The molecule has 14 heteroatoms. The number of non-ortho nitro benzene ring substituents is 1. The number of hydrogen-bond acceptors (Lipinski definition) is 9. The van der Waals surface area contributed by atoms with Crippen LogP contribution in [-0.2, 0) is 16.2 Å². The van der Waals surface area contributed by atoms with Crippen LogP contribution >= 0.6 is 27.5 Å². The third-order valence-corrected chi connectivity index (χ3v) is 6.83. The zero-order valence-electron chi connectivity index (χ0n) is 22.4. The highest BCUT2D eigenvalue weighted by Crippen LogP contribution is 2.41. The van der Waals surface area contributed by atoms with Crippen LogP contribution in [0.1, 0.15) is 18.1 Å². The number of halogens is 2. The summed E-state index contributed by atoms with van der Waals surface area (Å²) in [5.74, 6) is -0.941. The van der Waals surface area contributed by atoms with E-state index in [1.165, 1.54) is 44.6 Å². The van der Waals surface area contributed by atoms with Gasteiger partial charge in [-0.1, -0.05) is 23.7 Å². The SMILES string of the molecule is CCOc1cc(/C=C2\C(=O)NC(=O)N(c3cc(OC)c(Cl)cc3OC)C2=O)cc(Br)c1OCc1cccc([N+](=O)[O-])c1. The normalized spacial score (nSPS) is 14.1. The fourth-order valence-electron chi connectivity index (χ4n) is 4.05. The van der Waals surface area contributed by atoms with Gasteiger partial charge in [0.2, 0.25) is 0 Å². The maximum Gasteiger partial charge on any atom is 0.336 e. The molecule has 1 N–H and O–H groups in total. The fraction of sp³-hybridized carbons (Fsp3) is 0.179. The topological polar surface area (TPSA) is 147 Å². The van der Waals surface area contributed by atoms with Gasteiger partial charge in [-0.05, 0) is 52.2 Å². The molecule has 0 atom stereocenters. The monoisotopic (exact) mass is 659 g/mol. The Balaban J connectivity index is 1.69. The van der Waals surface area contributed by atoms with Gasteiger partial charge in [-0.3, -0.25) is 25.0 Å². The molecular formula is C28H23BrClN3O9.